The van der Waals surface area contributed by atoms with Crippen LogP contribution in [0.4, 0.5) is 4.39 Å². The van der Waals surface area contributed by atoms with Crippen molar-refractivity contribution in [2.75, 3.05) is 6.61 Å². The summed E-state index contributed by atoms with van der Waals surface area (Å²) in [6.07, 6.45) is 0.405. The molecule has 0 radical (unpaired) electrons. The first-order valence-corrected chi connectivity index (χ1v) is 6.61. The van der Waals surface area contributed by atoms with Gasteiger partial charge in [-0.3, -0.25) is 0 Å². The highest BCUT2D eigenvalue weighted by atomic mass is 35.5. The van der Waals surface area contributed by atoms with Crippen molar-refractivity contribution in [3.05, 3.63) is 64.9 Å². The number of nitriles is 1. The van der Waals surface area contributed by atoms with Crippen molar-refractivity contribution in [3.63, 3.8) is 0 Å². The summed E-state index contributed by atoms with van der Waals surface area (Å²) in [6, 6.07) is 15.5. The zero-order valence-corrected chi connectivity index (χ0v) is 11.5. The molecule has 2 aromatic rings. The molecule has 0 saturated carbocycles. The minimum absolute atomic E-state index is 0.302. The third-order valence-corrected chi connectivity index (χ3v) is 3.25. The van der Waals surface area contributed by atoms with Gasteiger partial charge in [0.25, 0.3) is 0 Å². The average Bonchev–Trinajstić information content (AvgIpc) is 2.46. The Kier molecular flexibility index (Phi) is 4.97. The molecule has 0 saturated heterocycles. The Hall–Kier alpha value is -2.05. The Morgan fingerprint density at radius 2 is 1.85 bits per heavy atom. The second-order valence-electron chi connectivity index (χ2n) is 4.27. The van der Waals surface area contributed by atoms with Crippen LogP contribution in [0, 0.1) is 17.1 Å². The quantitative estimate of drug-likeness (QED) is 0.808. The molecule has 0 aliphatic heterocycles. The Labute approximate surface area is 122 Å². The molecule has 0 aliphatic carbocycles. The van der Waals surface area contributed by atoms with E-state index in [1.807, 2.05) is 12.1 Å². The standard InChI is InChI=1S/C16H13ClFNO/c17-14-6-2-4-8-16(14)20-10-9-12(11-19)13-5-1-3-7-15(13)18/h1-8,12H,9-10H2. The number of halogens is 2. The molecule has 0 fully saturated rings. The highest BCUT2D eigenvalue weighted by Crippen LogP contribution is 2.25. The van der Waals surface area contributed by atoms with E-state index in [1.165, 1.54) is 6.07 Å². The van der Waals surface area contributed by atoms with E-state index in [4.69, 9.17) is 21.6 Å². The molecule has 0 bridgehead atoms. The van der Waals surface area contributed by atoms with Gasteiger partial charge in [0, 0.05) is 12.0 Å². The van der Waals surface area contributed by atoms with Gasteiger partial charge in [-0.15, -0.1) is 0 Å². The van der Waals surface area contributed by atoms with Crippen molar-refractivity contribution in [1.82, 2.24) is 0 Å². The number of nitrogens with zero attached hydrogens (tertiary/aromatic N) is 1. The van der Waals surface area contributed by atoms with Crippen LogP contribution in [0.2, 0.25) is 5.02 Å². The summed E-state index contributed by atoms with van der Waals surface area (Å²) in [6.45, 7) is 0.302. The zero-order chi connectivity index (χ0) is 14.4. The monoisotopic (exact) mass is 289 g/mol. The molecule has 0 amide bonds. The van der Waals surface area contributed by atoms with Crippen LogP contribution in [0.1, 0.15) is 17.9 Å². The van der Waals surface area contributed by atoms with Gasteiger partial charge in [-0.25, -0.2) is 4.39 Å². The van der Waals surface area contributed by atoms with E-state index in [2.05, 4.69) is 6.07 Å². The van der Waals surface area contributed by atoms with E-state index < -0.39 is 5.92 Å². The van der Waals surface area contributed by atoms with Crippen molar-refractivity contribution >= 4 is 11.6 Å². The lowest BCUT2D eigenvalue weighted by atomic mass is 9.97. The third kappa shape index (κ3) is 3.49. The maximum absolute atomic E-state index is 13.6. The molecule has 0 spiro atoms. The number of para-hydroxylation sites is 1. The molecular formula is C16H13ClFNO. The third-order valence-electron chi connectivity index (χ3n) is 2.94. The van der Waals surface area contributed by atoms with Crippen LogP contribution in [0.15, 0.2) is 48.5 Å². The molecular weight excluding hydrogens is 277 g/mol. The normalized spacial score (nSPS) is 11.7. The Morgan fingerprint density at radius 1 is 1.15 bits per heavy atom. The van der Waals surface area contributed by atoms with Crippen molar-refractivity contribution in [2.45, 2.75) is 12.3 Å². The fourth-order valence-electron chi connectivity index (χ4n) is 1.90. The summed E-state index contributed by atoms with van der Waals surface area (Å²) >= 11 is 5.97. The van der Waals surface area contributed by atoms with Gasteiger partial charge in [0.1, 0.15) is 11.6 Å². The molecule has 102 valence electrons. The van der Waals surface area contributed by atoms with Gasteiger partial charge in [-0.2, -0.15) is 5.26 Å². The summed E-state index contributed by atoms with van der Waals surface area (Å²) in [7, 11) is 0. The molecule has 20 heavy (non-hydrogen) atoms. The number of hydrogen-bond acceptors (Lipinski definition) is 2. The van der Waals surface area contributed by atoms with E-state index in [0.29, 0.717) is 29.4 Å². The molecule has 2 aromatic carbocycles. The molecule has 0 heterocycles. The van der Waals surface area contributed by atoms with Gasteiger partial charge in [0.15, 0.2) is 0 Å². The molecule has 1 unspecified atom stereocenters. The minimum Gasteiger partial charge on any atom is -0.492 e. The fourth-order valence-corrected chi connectivity index (χ4v) is 2.09. The van der Waals surface area contributed by atoms with Crippen LogP contribution in [0.5, 0.6) is 5.75 Å². The summed E-state index contributed by atoms with van der Waals surface area (Å²) in [5.74, 6) is -0.324. The van der Waals surface area contributed by atoms with E-state index in [1.54, 1.807) is 30.3 Å². The summed E-state index contributed by atoms with van der Waals surface area (Å²) in [5, 5.41) is 9.68. The second-order valence-corrected chi connectivity index (χ2v) is 4.68. The molecule has 0 aliphatic rings. The van der Waals surface area contributed by atoms with Gasteiger partial charge in [-0.1, -0.05) is 41.9 Å². The second kappa shape index (κ2) is 6.93. The first kappa shape index (κ1) is 14.4. The molecule has 0 aromatic heterocycles. The van der Waals surface area contributed by atoms with Crippen molar-refractivity contribution < 1.29 is 9.13 Å². The molecule has 4 heteroatoms. The summed E-state index contributed by atoms with van der Waals surface area (Å²) in [5.41, 5.74) is 0.401. The largest absolute Gasteiger partial charge is 0.492 e. The Morgan fingerprint density at radius 3 is 2.55 bits per heavy atom. The lowest BCUT2D eigenvalue weighted by Crippen LogP contribution is -2.06. The fraction of sp³-hybridized carbons (Fsp3) is 0.188. The van der Waals surface area contributed by atoms with Crippen molar-refractivity contribution in [3.8, 4) is 11.8 Å². The number of rotatable bonds is 5. The van der Waals surface area contributed by atoms with E-state index in [0.717, 1.165) is 0 Å². The van der Waals surface area contributed by atoms with Crippen LogP contribution >= 0.6 is 11.6 Å². The van der Waals surface area contributed by atoms with Crippen molar-refractivity contribution in [1.29, 1.82) is 5.26 Å². The van der Waals surface area contributed by atoms with Crippen LogP contribution < -0.4 is 4.74 Å². The number of hydrogen-bond donors (Lipinski definition) is 0. The topological polar surface area (TPSA) is 33.0 Å². The molecule has 2 nitrogen and oxygen atoms in total. The minimum atomic E-state index is -0.529. The highest BCUT2D eigenvalue weighted by Gasteiger charge is 2.15. The molecule has 0 N–H and O–H groups in total. The predicted octanol–water partition coefficient (Wildman–Crippen LogP) is 4.56. The van der Waals surface area contributed by atoms with Gasteiger partial charge in [-0.05, 0) is 18.2 Å². The van der Waals surface area contributed by atoms with Crippen LogP contribution in [-0.2, 0) is 0 Å². The molecule has 2 rings (SSSR count). The molecule has 1 atom stereocenters. The lowest BCUT2D eigenvalue weighted by Gasteiger charge is -2.12. The number of ether oxygens (including phenoxy) is 1. The first-order chi connectivity index (χ1) is 9.72. The first-order valence-electron chi connectivity index (χ1n) is 6.23. The average molecular weight is 290 g/mol. The predicted molar refractivity (Wildman–Crippen MR) is 76.3 cm³/mol. The van der Waals surface area contributed by atoms with Crippen LogP contribution in [-0.4, -0.2) is 6.61 Å². The lowest BCUT2D eigenvalue weighted by molar-refractivity contribution is 0.305. The highest BCUT2D eigenvalue weighted by molar-refractivity contribution is 6.32. The van der Waals surface area contributed by atoms with Gasteiger partial charge in [0.05, 0.1) is 23.6 Å². The van der Waals surface area contributed by atoms with Gasteiger partial charge >= 0.3 is 0 Å². The van der Waals surface area contributed by atoms with E-state index >= 15 is 0 Å². The maximum atomic E-state index is 13.6. The SMILES string of the molecule is N#CC(CCOc1ccccc1Cl)c1ccccc1F. The Bertz CT molecular complexity index is 624. The summed E-state index contributed by atoms with van der Waals surface area (Å²) in [4.78, 5) is 0. The summed E-state index contributed by atoms with van der Waals surface area (Å²) < 4.78 is 19.2. The van der Waals surface area contributed by atoms with Gasteiger partial charge in [0.2, 0.25) is 0 Å². The maximum Gasteiger partial charge on any atom is 0.137 e. The van der Waals surface area contributed by atoms with E-state index in [9.17, 15) is 4.39 Å². The zero-order valence-electron chi connectivity index (χ0n) is 10.7. The van der Waals surface area contributed by atoms with Gasteiger partial charge < -0.3 is 4.74 Å². The Balaban J connectivity index is 1.98. The number of benzene rings is 2. The van der Waals surface area contributed by atoms with Crippen LogP contribution in [0.3, 0.4) is 0 Å². The smallest absolute Gasteiger partial charge is 0.137 e. The van der Waals surface area contributed by atoms with Crippen molar-refractivity contribution in [2.24, 2.45) is 0 Å². The van der Waals surface area contributed by atoms with E-state index in [-0.39, 0.29) is 5.82 Å². The van der Waals surface area contributed by atoms with Crippen LogP contribution in [0.25, 0.3) is 0 Å².